The number of halogens is 7. The molecule has 1 unspecified atom stereocenters. The maximum Gasteiger partial charge on any atom is 0.416 e. The van der Waals surface area contributed by atoms with E-state index in [1.807, 2.05) is 0 Å². The molecule has 0 radical (unpaired) electrons. The van der Waals surface area contributed by atoms with Crippen LogP contribution in [0.2, 0.25) is 0 Å². The third-order valence-corrected chi connectivity index (χ3v) is 4.56. The van der Waals surface area contributed by atoms with E-state index in [0.717, 1.165) is 0 Å². The molecular weight excluding hydrogens is 260 g/mol. The first-order chi connectivity index (χ1) is 7.14. The van der Waals surface area contributed by atoms with Crippen LogP contribution in [0.4, 0.5) is 26.3 Å². The summed E-state index contributed by atoms with van der Waals surface area (Å²) in [5.41, 5.74) is -3.69. The highest BCUT2D eigenvalue weighted by Gasteiger charge is 2.93. The minimum atomic E-state index is -5.32. The highest BCUT2D eigenvalue weighted by molar-refractivity contribution is 6.22. The fourth-order valence-electron chi connectivity index (χ4n) is 3.51. The molecule has 0 aromatic heterocycles. The van der Waals surface area contributed by atoms with Crippen molar-refractivity contribution in [1.82, 2.24) is 4.90 Å². The minimum absolute atomic E-state index is 0.0994. The van der Waals surface area contributed by atoms with Crippen LogP contribution in [0.1, 0.15) is 6.42 Å². The molecule has 3 saturated heterocycles. The van der Waals surface area contributed by atoms with E-state index < -0.39 is 41.3 Å². The summed E-state index contributed by atoms with van der Waals surface area (Å²) in [5, 5.41) is -1.03. The molecule has 4 bridgehead atoms. The summed E-state index contributed by atoms with van der Waals surface area (Å²) >= 11 is 5.65. The molecule has 4 aliphatic rings. The smallest absolute Gasteiger partial charge is 0.271 e. The molecule has 4 rings (SSSR count). The number of alkyl halides is 7. The third kappa shape index (κ3) is 0.847. The van der Waals surface area contributed by atoms with Crippen LogP contribution >= 0.6 is 11.6 Å². The third-order valence-electron chi connectivity index (χ3n) is 4.00. The van der Waals surface area contributed by atoms with Gasteiger partial charge in [-0.25, -0.2) is 0 Å². The van der Waals surface area contributed by atoms with Crippen molar-refractivity contribution >= 4 is 11.6 Å². The predicted octanol–water partition coefficient (Wildman–Crippen LogP) is 2.54. The van der Waals surface area contributed by atoms with Crippen LogP contribution in [-0.2, 0) is 0 Å². The fourth-order valence-corrected chi connectivity index (χ4v) is 4.08. The lowest BCUT2D eigenvalue weighted by Gasteiger charge is -2.37. The van der Waals surface area contributed by atoms with E-state index in [1.54, 1.807) is 0 Å². The summed E-state index contributed by atoms with van der Waals surface area (Å²) in [6.45, 7) is 0. The lowest BCUT2D eigenvalue weighted by Crippen LogP contribution is -2.63. The molecule has 1 aliphatic carbocycles. The van der Waals surface area contributed by atoms with Crippen LogP contribution in [-0.4, -0.2) is 40.3 Å². The molecule has 8 heteroatoms. The highest BCUT2D eigenvalue weighted by Crippen LogP contribution is 2.73. The van der Waals surface area contributed by atoms with Crippen LogP contribution in [0.3, 0.4) is 0 Å². The Morgan fingerprint density at radius 1 is 1.06 bits per heavy atom. The van der Waals surface area contributed by atoms with Gasteiger partial charge in [0, 0.05) is 18.0 Å². The first-order valence-electron chi connectivity index (χ1n) is 4.70. The van der Waals surface area contributed by atoms with Gasteiger partial charge < -0.3 is 0 Å². The van der Waals surface area contributed by atoms with Crippen molar-refractivity contribution in [2.75, 3.05) is 0 Å². The zero-order valence-corrected chi connectivity index (χ0v) is 8.37. The van der Waals surface area contributed by atoms with E-state index >= 15 is 0 Å². The van der Waals surface area contributed by atoms with Crippen LogP contribution in [0.5, 0.6) is 0 Å². The van der Waals surface area contributed by atoms with E-state index in [4.69, 9.17) is 11.6 Å². The van der Waals surface area contributed by atoms with Gasteiger partial charge in [-0.2, -0.15) is 26.3 Å². The summed E-state index contributed by atoms with van der Waals surface area (Å²) in [6.07, 6.45) is -10.7. The molecular formula is C8H6ClF6N. The summed E-state index contributed by atoms with van der Waals surface area (Å²) in [4.78, 5) is 0.509. The Kier molecular flexibility index (Phi) is 1.70. The highest BCUT2D eigenvalue weighted by atomic mass is 35.5. The second kappa shape index (κ2) is 2.48. The van der Waals surface area contributed by atoms with E-state index in [2.05, 4.69) is 0 Å². The van der Waals surface area contributed by atoms with Crippen LogP contribution in [0.25, 0.3) is 0 Å². The van der Waals surface area contributed by atoms with Crippen LogP contribution in [0, 0.1) is 5.92 Å². The minimum Gasteiger partial charge on any atom is -0.271 e. The van der Waals surface area contributed by atoms with Crippen molar-refractivity contribution in [2.45, 2.75) is 41.8 Å². The van der Waals surface area contributed by atoms with Crippen molar-refractivity contribution in [2.24, 2.45) is 5.92 Å². The van der Waals surface area contributed by atoms with Crippen LogP contribution < -0.4 is 0 Å². The lowest BCUT2D eigenvalue weighted by atomic mass is 9.85. The van der Waals surface area contributed by atoms with Crippen molar-refractivity contribution in [3.05, 3.63) is 0 Å². The lowest BCUT2D eigenvalue weighted by molar-refractivity contribution is -0.328. The maximum atomic E-state index is 12.8. The Morgan fingerprint density at radius 3 is 1.69 bits per heavy atom. The van der Waals surface area contributed by atoms with Crippen molar-refractivity contribution in [3.63, 3.8) is 0 Å². The molecule has 1 saturated carbocycles. The second-order valence-corrected chi connectivity index (χ2v) is 5.02. The largest absolute Gasteiger partial charge is 0.416 e. The van der Waals surface area contributed by atoms with Crippen molar-refractivity contribution < 1.29 is 26.3 Å². The summed E-state index contributed by atoms with van der Waals surface area (Å²) in [6, 6.07) is -1.37. The maximum absolute atomic E-state index is 12.8. The van der Waals surface area contributed by atoms with Crippen molar-refractivity contribution in [1.29, 1.82) is 0 Å². The molecule has 3 heterocycles. The van der Waals surface area contributed by atoms with Gasteiger partial charge in [-0.15, -0.1) is 11.6 Å². The molecule has 16 heavy (non-hydrogen) atoms. The zero-order valence-electron chi connectivity index (χ0n) is 7.61. The van der Waals surface area contributed by atoms with Crippen molar-refractivity contribution in [3.8, 4) is 0 Å². The molecule has 5 atom stereocenters. The monoisotopic (exact) mass is 265 g/mol. The predicted molar refractivity (Wildman–Crippen MR) is 42.0 cm³/mol. The molecule has 0 amide bonds. The summed E-state index contributed by atoms with van der Waals surface area (Å²) in [7, 11) is 0. The van der Waals surface area contributed by atoms with Gasteiger partial charge in [0.25, 0.3) is 0 Å². The average Bonchev–Trinajstić information content (AvgIpc) is 2.43. The summed E-state index contributed by atoms with van der Waals surface area (Å²) in [5.74, 6) is -1.55. The van der Waals surface area contributed by atoms with Gasteiger partial charge in [0.2, 0.25) is 5.54 Å². The molecule has 4 fully saturated rings. The van der Waals surface area contributed by atoms with Crippen LogP contribution in [0.15, 0.2) is 0 Å². The van der Waals surface area contributed by atoms with Gasteiger partial charge in [0.05, 0.1) is 5.38 Å². The number of nitrogens with zero attached hydrogens (tertiary/aromatic N) is 1. The number of hydrogen-bond donors (Lipinski definition) is 0. The van der Waals surface area contributed by atoms with E-state index in [0.29, 0.717) is 4.90 Å². The standard InChI is InChI=1S/C8H6ClF6N/c9-4-2-1-3-5(4)16(3)6(2,7(10,11)12)8(13,14)15/h2-5H,1H2/t2-,3-,4-,5-,16?/m0/s1. The summed E-state index contributed by atoms with van der Waals surface area (Å²) < 4.78 is 76.9. The van der Waals surface area contributed by atoms with E-state index in [-0.39, 0.29) is 6.42 Å². The van der Waals surface area contributed by atoms with Gasteiger partial charge in [-0.1, -0.05) is 0 Å². The molecule has 1 nitrogen and oxygen atoms in total. The average molecular weight is 266 g/mol. The first-order valence-corrected chi connectivity index (χ1v) is 5.13. The topological polar surface area (TPSA) is 3.01 Å². The van der Waals surface area contributed by atoms with E-state index in [9.17, 15) is 26.3 Å². The quantitative estimate of drug-likeness (QED) is 0.370. The first kappa shape index (κ1) is 11.0. The SMILES string of the molecule is FC(F)(F)C1(C(F)(F)F)[C@H]2C[C@H]3[C@@H]([C@H]2Cl)N31. The second-order valence-electron chi connectivity index (χ2n) is 4.51. The van der Waals surface area contributed by atoms with E-state index in [1.165, 1.54) is 0 Å². The van der Waals surface area contributed by atoms with Gasteiger partial charge >= 0.3 is 12.4 Å². The molecule has 3 aliphatic heterocycles. The number of piperidine rings is 3. The normalized spacial score (nSPS) is 48.6. The molecule has 0 aromatic rings. The van der Waals surface area contributed by atoms with Gasteiger partial charge in [0.15, 0.2) is 0 Å². The Labute approximate surface area is 91.3 Å². The fraction of sp³-hybridized carbons (Fsp3) is 1.00. The Hall–Kier alpha value is -0.170. The molecule has 0 aromatic carbocycles. The molecule has 92 valence electrons. The van der Waals surface area contributed by atoms with Gasteiger partial charge in [-0.05, 0) is 6.42 Å². The van der Waals surface area contributed by atoms with Gasteiger partial charge in [-0.3, -0.25) is 4.90 Å². The molecule has 0 spiro atoms. The molecule has 0 N–H and O–H groups in total. The Morgan fingerprint density at radius 2 is 1.56 bits per heavy atom. The van der Waals surface area contributed by atoms with Gasteiger partial charge in [0.1, 0.15) is 0 Å². The number of hydrogen-bond acceptors (Lipinski definition) is 1. The zero-order chi connectivity index (χ0) is 12.1. The Bertz CT molecular complexity index is 335. The Balaban J connectivity index is 2.14. The number of rotatable bonds is 0.